The van der Waals surface area contributed by atoms with Gasteiger partial charge in [-0.1, -0.05) is 23.2 Å². The van der Waals surface area contributed by atoms with Crippen molar-refractivity contribution < 1.29 is 0 Å². The second-order valence-electron chi connectivity index (χ2n) is 3.28. The molecule has 1 aromatic heterocycles. The molecule has 0 radical (unpaired) electrons. The Kier molecular flexibility index (Phi) is 1.97. The normalized spacial score (nSPS) is 10.7. The average Bonchev–Trinajstić information content (AvgIpc) is 2.12. The van der Waals surface area contributed by atoms with Crippen LogP contribution in [-0.4, -0.2) is 4.98 Å². The molecule has 0 aliphatic carbocycles. The highest BCUT2D eigenvalue weighted by atomic mass is 35.5. The lowest BCUT2D eigenvalue weighted by Crippen LogP contribution is -1.84. The van der Waals surface area contributed by atoms with Crippen LogP contribution in [0.15, 0.2) is 24.4 Å². The van der Waals surface area contributed by atoms with E-state index in [1.807, 2.05) is 19.1 Å². The van der Waals surface area contributed by atoms with Gasteiger partial charge >= 0.3 is 0 Å². The first-order valence-electron chi connectivity index (χ1n) is 4.20. The summed E-state index contributed by atoms with van der Waals surface area (Å²) in [5, 5.41) is 1.86. The highest BCUT2D eigenvalue weighted by Crippen LogP contribution is 2.25. The molecule has 66 valence electrons. The van der Waals surface area contributed by atoms with E-state index in [2.05, 4.69) is 18.0 Å². The molecule has 0 atom stereocenters. The van der Waals surface area contributed by atoms with Crippen molar-refractivity contribution in [1.82, 2.24) is 4.98 Å². The molecule has 0 saturated heterocycles. The van der Waals surface area contributed by atoms with Crippen LogP contribution in [0, 0.1) is 13.8 Å². The van der Waals surface area contributed by atoms with Gasteiger partial charge in [0.2, 0.25) is 0 Å². The van der Waals surface area contributed by atoms with Crippen LogP contribution in [-0.2, 0) is 0 Å². The van der Waals surface area contributed by atoms with Crippen molar-refractivity contribution in [2.24, 2.45) is 0 Å². The van der Waals surface area contributed by atoms with Gasteiger partial charge in [0.05, 0.1) is 10.5 Å². The molecule has 1 aromatic carbocycles. The first kappa shape index (κ1) is 8.52. The van der Waals surface area contributed by atoms with Gasteiger partial charge in [-0.15, -0.1) is 0 Å². The van der Waals surface area contributed by atoms with Crippen LogP contribution in [0.2, 0.25) is 5.02 Å². The summed E-state index contributed by atoms with van der Waals surface area (Å²) in [6.07, 6.45) is 1.81. The van der Waals surface area contributed by atoms with E-state index in [9.17, 15) is 0 Å². The van der Waals surface area contributed by atoms with Crippen LogP contribution >= 0.6 is 11.6 Å². The molecule has 13 heavy (non-hydrogen) atoms. The largest absolute Gasteiger partial charge is 0.256 e. The Hall–Kier alpha value is -1.08. The van der Waals surface area contributed by atoms with Gasteiger partial charge in [0.25, 0.3) is 0 Å². The molecular weight excluding hydrogens is 182 g/mol. The van der Waals surface area contributed by atoms with Crippen LogP contribution in [0.3, 0.4) is 0 Å². The second kappa shape index (κ2) is 3.00. The highest BCUT2D eigenvalue weighted by Gasteiger charge is 2.02. The predicted molar refractivity (Wildman–Crippen MR) is 56.2 cm³/mol. The number of hydrogen-bond acceptors (Lipinski definition) is 1. The topological polar surface area (TPSA) is 12.9 Å². The molecule has 0 N–H and O–H groups in total. The zero-order valence-electron chi connectivity index (χ0n) is 7.63. The summed E-state index contributed by atoms with van der Waals surface area (Å²) < 4.78 is 0. The Morgan fingerprint density at radius 3 is 2.77 bits per heavy atom. The van der Waals surface area contributed by atoms with E-state index in [4.69, 9.17) is 11.6 Å². The lowest BCUT2D eigenvalue weighted by atomic mass is 10.1. The SMILES string of the molecule is Cc1ccc2ncc(C)c(Cl)c2c1. The maximum Gasteiger partial charge on any atom is 0.0717 e. The summed E-state index contributed by atoms with van der Waals surface area (Å²) in [6, 6.07) is 6.11. The summed E-state index contributed by atoms with van der Waals surface area (Å²) in [4.78, 5) is 4.30. The third kappa shape index (κ3) is 1.40. The summed E-state index contributed by atoms with van der Waals surface area (Å²) >= 11 is 6.16. The van der Waals surface area contributed by atoms with E-state index in [-0.39, 0.29) is 0 Å². The molecule has 0 amide bonds. The van der Waals surface area contributed by atoms with E-state index in [1.165, 1.54) is 5.56 Å². The van der Waals surface area contributed by atoms with E-state index in [0.29, 0.717) is 0 Å². The van der Waals surface area contributed by atoms with Gasteiger partial charge < -0.3 is 0 Å². The van der Waals surface area contributed by atoms with Crippen molar-refractivity contribution in [3.05, 3.63) is 40.5 Å². The molecule has 2 heteroatoms. The van der Waals surface area contributed by atoms with Crippen LogP contribution in [0.5, 0.6) is 0 Å². The van der Waals surface area contributed by atoms with Crippen molar-refractivity contribution >= 4 is 22.5 Å². The molecule has 0 aliphatic heterocycles. The quantitative estimate of drug-likeness (QED) is 0.621. The smallest absolute Gasteiger partial charge is 0.0717 e. The number of pyridine rings is 1. The summed E-state index contributed by atoms with van der Waals surface area (Å²) in [7, 11) is 0. The zero-order chi connectivity index (χ0) is 9.42. The van der Waals surface area contributed by atoms with Gasteiger partial charge in [-0.05, 0) is 31.5 Å². The maximum atomic E-state index is 6.16. The van der Waals surface area contributed by atoms with Crippen molar-refractivity contribution in [3.63, 3.8) is 0 Å². The number of fused-ring (bicyclic) bond motifs is 1. The Bertz CT molecular complexity index is 458. The molecular formula is C11H10ClN. The van der Waals surface area contributed by atoms with Gasteiger partial charge in [-0.3, -0.25) is 4.98 Å². The highest BCUT2D eigenvalue weighted by molar-refractivity contribution is 6.36. The van der Waals surface area contributed by atoms with Crippen molar-refractivity contribution in [3.8, 4) is 0 Å². The minimum atomic E-state index is 0.814. The summed E-state index contributed by atoms with van der Waals surface area (Å²) in [6.45, 7) is 4.02. The second-order valence-corrected chi connectivity index (χ2v) is 3.65. The molecule has 0 saturated carbocycles. The van der Waals surface area contributed by atoms with Crippen molar-refractivity contribution in [2.45, 2.75) is 13.8 Å². The minimum Gasteiger partial charge on any atom is -0.256 e. The molecule has 2 aromatic rings. The molecule has 0 unspecified atom stereocenters. The molecule has 0 spiro atoms. The number of rotatable bonds is 0. The summed E-state index contributed by atoms with van der Waals surface area (Å²) in [5.41, 5.74) is 3.20. The monoisotopic (exact) mass is 191 g/mol. The first-order chi connectivity index (χ1) is 6.18. The molecule has 0 fully saturated rings. The van der Waals surface area contributed by atoms with Gasteiger partial charge in [0, 0.05) is 11.6 Å². The van der Waals surface area contributed by atoms with Gasteiger partial charge in [-0.25, -0.2) is 0 Å². The lowest BCUT2D eigenvalue weighted by Gasteiger charge is -2.03. The van der Waals surface area contributed by atoms with Crippen LogP contribution in [0.4, 0.5) is 0 Å². The average molecular weight is 192 g/mol. The van der Waals surface area contributed by atoms with E-state index in [1.54, 1.807) is 6.20 Å². The Morgan fingerprint density at radius 2 is 2.00 bits per heavy atom. The Morgan fingerprint density at radius 1 is 1.23 bits per heavy atom. The number of halogens is 1. The number of nitrogens with zero attached hydrogens (tertiary/aromatic N) is 1. The molecule has 1 nitrogen and oxygen atoms in total. The fourth-order valence-corrected chi connectivity index (χ4v) is 1.57. The van der Waals surface area contributed by atoms with Gasteiger partial charge in [0.15, 0.2) is 0 Å². The van der Waals surface area contributed by atoms with E-state index in [0.717, 1.165) is 21.5 Å². The Balaban J connectivity index is 2.89. The van der Waals surface area contributed by atoms with Crippen LogP contribution in [0.1, 0.15) is 11.1 Å². The third-order valence-electron chi connectivity index (χ3n) is 2.13. The van der Waals surface area contributed by atoms with Crippen LogP contribution in [0.25, 0.3) is 10.9 Å². The standard InChI is InChI=1S/C11H10ClN/c1-7-3-4-10-9(5-7)11(12)8(2)6-13-10/h3-6H,1-2H3. The minimum absolute atomic E-state index is 0.814. The molecule has 1 heterocycles. The van der Waals surface area contributed by atoms with Gasteiger partial charge in [-0.2, -0.15) is 0 Å². The van der Waals surface area contributed by atoms with Crippen molar-refractivity contribution in [2.75, 3.05) is 0 Å². The number of aromatic nitrogens is 1. The van der Waals surface area contributed by atoms with Crippen molar-refractivity contribution in [1.29, 1.82) is 0 Å². The first-order valence-corrected chi connectivity index (χ1v) is 4.58. The van der Waals surface area contributed by atoms with Gasteiger partial charge in [0.1, 0.15) is 0 Å². The van der Waals surface area contributed by atoms with E-state index >= 15 is 0 Å². The van der Waals surface area contributed by atoms with E-state index < -0.39 is 0 Å². The molecule has 0 aliphatic rings. The summed E-state index contributed by atoms with van der Waals surface area (Å²) in [5.74, 6) is 0. The number of aryl methyl sites for hydroxylation is 2. The fourth-order valence-electron chi connectivity index (χ4n) is 1.37. The third-order valence-corrected chi connectivity index (χ3v) is 2.63. The number of hydrogen-bond donors (Lipinski definition) is 0. The van der Waals surface area contributed by atoms with Crippen LogP contribution < -0.4 is 0 Å². The number of benzene rings is 1. The molecule has 2 rings (SSSR count). The Labute approximate surface area is 82.4 Å². The zero-order valence-corrected chi connectivity index (χ0v) is 8.39. The fraction of sp³-hybridized carbons (Fsp3) is 0.182. The predicted octanol–water partition coefficient (Wildman–Crippen LogP) is 3.51. The molecule has 0 bridgehead atoms. The lowest BCUT2D eigenvalue weighted by molar-refractivity contribution is 1.33. The maximum absolute atomic E-state index is 6.16.